The maximum absolute atomic E-state index is 9.82. The van der Waals surface area contributed by atoms with Crippen molar-refractivity contribution in [2.75, 3.05) is 0 Å². The second-order valence-electron chi connectivity index (χ2n) is 3.72. The summed E-state index contributed by atoms with van der Waals surface area (Å²) in [5.74, 6) is -0.423. The van der Waals surface area contributed by atoms with Crippen molar-refractivity contribution in [2.45, 2.75) is 13.8 Å². The number of hydrogen-bond acceptors (Lipinski definition) is 3. The second kappa shape index (κ2) is 3.05. The Bertz CT molecular complexity index is 544. The third-order valence-electron chi connectivity index (χ3n) is 2.62. The molecular weight excluding hydrogens is 192 g/mol. The van der Waals surface area contributed by atoms with Crippen LogP contribution in [0.3, 0.4) is 0 Å². The summed E-state index contributed by atoms with van der Waals surface area (Å²) in [5, 5.41) is 30.1. The normalized spacial score (nSPS) is 10.8. The molecule has 2 rings (SSSR count). The average Bonchev–Trinajstić information content (AvgIpc) is 2.23. The maximum atomic E-state index is 9.82. The lowest BCUT2D eigenvalue weighted by Crippen LogP contribution is -1.83. The van der Waals surface area contributed by atoms with Gasteiger partial charge in [0.15, 0.2) is 11.5 Å². The van der Waals surface area contributed by atoms with Crippen molar-refractivity contribution in [3.05, 3.63) is 29.3 Å². The molecule has 0 amide bonds. The van der Waals surface area contributed by atoms with Crippen LogP contribution in [0.15, 0.2) is 18.2 Å². The smallest absolute Gasteiger partial charge is 0.165 e. The third kappa shape index (κ3) is 1.28. The van der Waals surface area contributed by atoms with Gasteiger partial charge in [0.25, 0.3) is 0 Å². The highest BCUT2D eigenvalue weighted by Gasteiger charge is 2.14. The van der Waals surface area contributed by atoms with Gasteiger partial charge < -0.3 is 15.3 Å². The predicted molar refractivity (Wildman–Crippen MR) is 58.4 cm³/mol. The molecular formula is C12H12O3. The summed E-state index contributed by atoms with van der Waals surface area (Å²) in [5.41, 5.74) is 1.29. The van der Waals surface area contributed by atoms with Gasteiger partial charge in [-0.2, -0.15) is 0 Å². The van der Waals surface area contributed by atoms with Crippen LogP contribution in [0.2, 0.25) is 0 Å². The Morgan fingerprint density at radius 3 is 2.13 bits per heavy atom. The summed E-state index contributed by atoms with van der Waals surface area (Å²) >= 11 is 0. The van der Waals surface area contributed by atoms with Crippen LogP contribution in [-0.4, -0.2) is 15.3 Å². The Morgan fingerprint density at radius 1 is 0.800 bits per heavy atom. The minimum absolute atomic E-state index is 0.0176. The topological polar surface area (TPSA) is 60.7 Å². The van der Waals surface area contributed by atoms with E-state index in [0.717, 1.165) is 5.56 Å². The van der Waals surface area contributed by atoms with Gasteiger partial charge in [-0.25, -0.2) is 0 Å². The molecule has 0 saturated carbocycles. The number of rotatable bonds is 0. The molecule has 3 N–H and O–H groups in total. The number of aromatic hydroxyl groups is 3. The van der Waals surface area contributed by atoms with E-state index in [1.807, 2.05) is 13.0 Å². The van der Waals surface area contributed by atoms with Crippen molar-refractivity contribution in [3.8, 4) is 17.2 Å². The van der Waals surface area contributed by atoms with Gasteiger partial charge in [0.2, 0.25) is 0 Å². The first-order valence-electron chi connectivity index (χ1n) is 4.66. The van der Waals surface area contributed by atoms with Crippen LogP contribution in [0.25, 0.3) is 10.8 Å². The Labute approximate surface area is 87.2 Å². The molecule has 15 heavy (non-hydrogen) atoms. The summed E-state index contributed by atoms with van der Waals surface area (Å²) in [6, 6.07) is 5.27. The van der Waals surface area contributed by atoms with Crippen LogP contribution in [-0.2, 0) is 0 Å². The van der Waals surface area contributed by atoms with E-state index in [9.17, 15) is 15.3 Å². The average molecular weight is 204 g/mol. The summed E-state index contributed by atoms with van der Waals surface area (Å²) in [6.45, 7) is 3.46. The third-order valence-corrected chi connectivity index (χ3v) is 2.62. The van der Waals surface area contributed by atoms with Crippen LogP contribution in [0.4, 0.5) is 0 Å². The molecule has 0 aliphatic rings. The lowest BCUT2D eigenvalue weighted by molar-refractivity contribution is 0.398. The first-order chi connectivity index (χ1) is 7.02. The van der Waals surface area contributed by atoms with Crippen LogP contribution < -0.4 is 0 Å². The van der Waals surface area contributed by atoms with Gasteiger partial charge in [0.05, 0.1) is 0 Å². The minimum atomic E-state index is -0.260. The Hall–Kier alpha value is -1.90. The standard InChI is InChI=1S/C12H12O3/c1-6-3-4-8-9(5-6)10(13)7(2)11(14)12(8)15/h3-5,13-15H,1-2H3. The number of hydrogen-bond donors (Lipinski definition) is 3. The fourth-order valence-electron chi connectivity index (χ4n) is 1.68. The first-order valence-corrected chi connectivity index (χ1v) is 4.66. The first kappa shape index (κ1) is 9.65. The molecule has 0 fully saturated rings. The van der Waals surface area contributed by atoms with Crippen LogP contribution in [0, 0.1) is 13.8 Å². The molecule has 0 atom stereocenters. The van der Waals surface area contributed by atoms with Crippen molar-refractivity contribution in [3.63, 3.8) is 0 Å². The molecule has 78 valence electrons. The van der Waals surface area contributed by atoms with E-state index in [1.54, 1.807) is 19.1 Å². The second-order valence-corrected chi connectivity index (χ2v) is 3.72. The van der Waals surface area contributed by atoms with Gasteiger partial charge in [-0.3, -0.25) is 0 Å². The quantitative estimate of drug-likeness (QED) is 0.456. The number of benzene rings is 2. The summed E-state index contributed by atoms with van der Waals surface area (Å²) in [4.78, 5) is 0. The van der Waals surface area contributed by atoms with E-state index < -0.39 is 0 Å². The highest BCUT2D eigenvalue weighted by Crippen LogP contribution is 2.43. The fraction of sp³-hybridized carbons (Fsp3) is 0.167. The minimum Gasteiger partial charge on any atom is -0.507 e. The molecule has 0 aliphatic carbocycles. The highest BCUT2D eigenvalue weighted by molar-refractivity contribution is 5.96. The summed E-state index contributed by atoms with van der Waals surface area (Å²) in [7, 11) is 0. The maximum Gasteiger partial charge on any atom is 0.165 e. The molecule has 2 aromatic carbocycles. The van der Waals surface area contributed by atoms with Gasteiger partial charge in [-0.05, 0) is 19.9 Å². The van der Waals surface area contributed by atoms with Crippen LogP contribution in [0.5, 0.6) is 17.2 Å². The van der Waals surface area contributed by atoms with Gasteiger partial charge in [0.1, 0.15) is 5.75 Å². The van der Waals surface area contributed by atoms with E-state index in [2.05, 4.69) is 0 Å². The van der Waals surface area contributed by atoms with E-state index in [1.165, 1.54) is 0 Å². The van der Waals surface area contributed by atoms with Crippen molar-refractivity contribution in [1.29, 1.82) is 0 Å². The molecule has 0 heterocycles. The fourth-order valence-corrected chi connectivity index (χ4v) is 1.68. The number of phenols is 3. The van der Waals surface area contributed by atoms with E-state index in [4.69, 9.17) is 0 Å². The zero-order valence-electron chi connectivity index (χ0n) is 8.57. The molecule has 0 aliphatic heterocycles. The van der Waals surface area contributed by atoms with Gasteiger partial charge in [-0.15, -0.1) is 0 Å². The highest BCUT2D eigenvalue weighted by atomic mass is 16.3. The largest absolute Gasteiger partial charge is 0.507 e. The number of phenolic OH excluding ortho intramolecular Hbond substituents is 3. The molecule has 0 radical (unpaired) electrons. The van der Waals surface area contributed by atoms with E-state index in [0.29, 0.717) is 16.3 Å². The molecule has 2 aromatic rings. The van der Waals surface area contributed by atoms with Gasteiger partial charge >= 0.3 is 0 Å². The molecule has 0 bridgehead atoms. The molecule has 0 aromatic heterocycles. The van der Waals surface area contributed by atoms with Crippen molar-refractivity contribution in [2.24, 2.45) is 0 Å². The van der Waals surface area contributed by atoms with Crippen LogP contribution in [0.1, 0.15) is 11.1 Å². The van der Waals surface area contributed by atoms with Crippen molar-refractivity contribution < 1.29 is 15.3 Å². The zero-order chi connectivity index (χ0) is 11.2. The van der Waals surface area contributed by atoms with E-state index in [-0.39, 0.29) is 17.2 Å². The predicted octanol–water partition coefficient (Wildman–Crippen LogP) is 2.57. The zero-order valence-corrected chi connectivity index (χ0v) is 8.57. The Kier molecular flexibility index (Phi) is 1.96. The van der Waals surface area contributed by atoms with E-state index >= 15 is 0 Å². The molecule has 3 nitrogen and oxygen atoms in total. The van der Waals surface area contributed by atoms with Gasteiger partial charge in [0, 0.05) is 16.3 Å². The number of fused-ring (bicyclic) bond motifs is 1. The number of aryl methyl sites for hydroxylation is 1. The van der Waals surface area contributed by atoms with Crippen LogP contribution >= 0.6 is 0 Å². The van der Waals surface area contributed by atoms with Crippen molar-refractivity contribution in [1.82, 2.24) is 0 Å². The Morgan fingerprint density at radius 2 is 1.47 bits per heavy atom. The monoisotopic (exact) mass is 204 g/mol. The molecule has 0 spiro atoms. The molecule has 0 unspecified atom stereocenters. The summed E-state index contributed by atoms with van der Waals surface area (Å²) < 4.78 is 0. The lowest BCUT2D eigenvalue weighted by Gasteiger charge is -2.10. The Balaban J connectivity index is 3.00. The molecule has 0 saturated heterocycles. The SMILES string of the molecule is Cc1ccc2c(O)c(O)c(C)c(O)c2c1. The lowest BCUT2D eigenvalue weighted by atomic mass is 10.0. The molecule has 3 heteroatoms. The van der Waals surface area contributed by atoms with Gasteiger partial charge in [-0.1, -0.05) is 17.7 Å². The van der Waals surface area contributed by atoms with Crippen molar-refractivity contribution >= 4 is 10.8 Å². The summed E-state index contributed by atoms with van der Waals surface area (Å²) in [6.07, 6.45) is 0.